The number of hydrogen-bond acceptors (Lipinski definition) is 5. The standard InChI is InChI=1S/C29H35F4N3O3/c1-16(29(37)38-4)15-36-17(2)13-21-20-14-19(30)5-7-23(20)35-27(21)28(36)26-18(3)24(8-6-22(26)31)39-12-11-34-10-9-25(32)33/h5-8,14,16-17,25,28,34-35H,9-13,15H2,1-4H3/t16-,17-,28-/m1/s1. The molecule has 2 aromatic carbocycles. The van der Waals surface area contributed by atoms with Crippen molar-refractivity contribution in [1.29, 1.82) is 0 Å². The smallest absolute Gasteiger partial charge is 0.309 e. The van der Waals surface area contributed by atoms with Crippen LogP contribution in [0.1, 0.15) is 48.7 Å². The van der Waals surface area contributed by atoms with Crippen LogP contribution in [0, 0.1) is 24.5 Å². The van der Waals surface area contributed by atoms with Crippen LogP contribution in [-0.2, 0) is 16.0 Å². The van der Waals surface area contributed by atoms with Crippen LogP contribution in [0.4, 0.5) is 17.6 Å². The molecule has 2 heterocycles. The molecule has 0 amide bonds. The molecule has 0 bridgehead atoms. The number of rotatable bonds is 11. The van der Waals surface area contributed by atoms with Crippen LogP contribution in [0.5, 0.6) is 5.75 Å². The SMILES string of the molecule is COC(=O)[C@H](C)CN1[C@H](c2c(F)ccc(OCCNCCC(F)F)c2C)c2[nH]c3ccc(F)cc3c2C[C@H]1C. The maximum atomic E-state index is 15.7. The number of carbonyl (C=O) groups excluding carboxylic acids is 1. The maximum Gasteiger partial charge on any atom is 0.309 e. The lowest BCUT2D eigenvalue weighted by atomic mass is 9.85. The van der Waals surface area contributed by atoms with Gasteiger partial charge in [0.25, 0.3) is 0 Å². The predicted molar refractivity (Wildman–Crippen MR) is 141 cm³/mol. The minimum atomic E-state index is -2.37. The molecule has 6 nitrogen and oxygen atoms in total. The molecule has 10 heteroatoms. The summed E-state index contributed by atoms with van der Waals surface area (Å²) >= 11 is 0. The van der Waals surface area contributed by atoms with E-state index in [9.17, 15) is 18.0 Å². The summed E-state index contributed by atoms with van der Waals surface area (Å²) in [6.45, 7) is 6.63. The third kappa shape index (κ3) is 6.22. The molecule has 0 radical (unpaired) electrons. The van der Waals surface area contributed by atoms with Gasteiger partial charge < -0.3 is 19.8 Å². The second kappa shape index (κ2) is 12.4. The summed E-state index contributed by atoms with van der Waals surface area (Å²) in [4.78, 5) is 17.8. The first kappa shape index (κ1) is 28.9. The Morgan fingerprint density at radius 1 is 1.21 bits per heavy atom. The van der Waals surface area contributed by atoms with E-state index in [-0.39, 0.29) is 37.4 Å². The number of H-pyrrole nitrogens is 1. The van der Waals surface area contributed by atoms with E-state index in [0.29, 0.717) is 36.4 Å². The molecule has 0 unspecified atom stereocenters. The first-order chi connectivity index (χ1) is 18.6. The Bertz CT molecular complexity index is 1310. The highest BCUT2D eigenvalue weighted by atomic mass is 19.3. The lowest BCUT2D eigenvalue weighted by molar-refractivity contribution is -0.145. The Hall–Kier alpha value is -3.11. The fourth-order valence-electron chi connectivity index (χ4n) is 5.45. The Balaban J connectivity index is 1.73. The number of ether oxygens (including phenoxy) is 2. The Labute approximate surface area is 225 Å². The summed E-state index contributed by atoms with van der Waals surface area (Å²) in [5.74, 6) is -1.13. The number of halogens is 4. The summed E-state index contributed by atoms with van der Waals surface area (Å²) in [7, 11) is 1.34. The molecule has 1 aliphatic heterocycles. The van der Waals surface area contributed by atoms with E-state index < -0.39 is 24.2 Å². The second-order valence-electron chi connectivity index (χ2n) is 10.1. The van der Waals surface area contributed by atoms with E-state index in [4.69, 9.17) is 9.47 Å². The van der Waals surface area contributed by atoms with Crippen molar-refractivity contribution in [2.24, 2.45) is 5.92 Å². The quantitative estimate of drug-likeness (QED) is 0.187. The fourth-order valence-corrected chi connectivity index (χ4v) is 5.45. The van der Waals surface area contributed by atoms with Crippen molar-refractivity contribution in [3.63, 3.8) is 0 Å². The second-order valence-corrected chi connectivity index (χ2v) is 10.1. The Kier molecular flexibility index (Phi) is 9.17. The molecule has 0 spiro atoms. The zero-order valence-corrected chi connectivity index (χ0v) is 22.6. The topological polar surface area (TPSA) is 66.6 Å². The number of aromatic amines is 1. The summed E-state index contributed by atoms with van der Waals surface area (Å²) in [5, 5.41) is 3.66. The third-order valence-corrected chi connectivity index (χ3v) is 7.42. The predicted octanol–water partition coefficient (Wildman–Crippen LogP) is 5.52. The van der Waals surface area contributed by atoms with E-state index in [2.05, 4.69) is 15.2 Å². The molecule has 39 heavy (non-hydrogen) atoms. The van der Waals surface area contributed by atoms with Gasteiger partial charge in [-0.3, -0.25) is 9.69 Å². The van der Waals surface area contributed by atoms with E-state index in [0.717, 1.165) is 22.2 Å². The molecule has 1 aromatic heterocycles. The highest BCUT2D eigenvalue weighted by Crippen LogP contribution is 2.44. The van der Waals surface area contributed by atoms with Gasteiger partial charge in [0.15, 0.2) is 0 Å². The van der Waals surface area contributed by atoms with Crippen LogP contribution in [0.2, 0.25) is 0 Å². The summed E-state index contributed by atoms with van der Waals surface area (Å²) in [6.07, 6.45) is -2.02. The Morgan fingerprint density at radius 3 is 2.69 bits per heavy atom. The molecule has 2 N–H and O–H groups in total. The fraction of sp³-hybridized carbons (Fsp3) is 0.483. The molecule has 3 atom stereocenters. The largest absolute Gasteiger partial charge is 0.492 e. The van der Waals surface area contributed by atoms with E-state index in [1.54, 1.807) is 26.0 Å². The lowest BCUT2D eigenvalue weighted by Crippen LogP contribution is -2.46. The molecular weight excluding hydrogens is 514 g/mol. The average Bonchev–Trinajstić information content (AvgIpc) is 3.25. The van der Waals surface area contributed by atoms with Crippen LogP contribution in [0.25, 0.3) is 10.9 Å². The van der Waals surface area contributed by atoms with Crippen LogP contribution in [-0.4, -0.2) is 61.7 Å². The summed E-state index contributed by atoms with van der Waals surface area (Å²) in [5.41, 5.74) is 3.40. The molecule has 0 saturated heterocycles. The molecule has 4 rings (SSSR count). The highest BCUT2D eigenvalue weighted by Gasteiger charge is 2.39. The Morgan fingerprint density at radius 2 is 1.97 bits per heavy atom. The van der Waals surface area contributed by atoms with Gasteiger partial charge in [-0.1, -0.05) is 6.92 Å². The number of nitrogens with zero attached hydrogens (tertiary/aromatic N) is 1. The van der Waals surface area contributed by atoms with Gasteiger partial charge in [0.05, 0.1) is 19.1 Å². The number of alkyl halides is 2. The van der Waals surface area contributed by atoms with Crippen molar-refractivity contribution in [3.8, 4) is 5.75 Å². The lowest BCUT2D eigenvalue weighted by Gasteiger charge is -2.42. The minimum Gasteiger partial charge on any atom is -0.492 e. The van der Waals surface area contributed by atoms with E-state index in [1.165, 1.54) is 25.3 Å². The monoisotopic (exact) mass is 549 g/mol. The highest BCUT2D eigenvalue weighted by molar-refractivity contribution is 5.85. The van der Waals surface area contributed by atoms with Gasteiger partial charge in [0, 0.05) is 54.3 Å². The summed E-state index contributed by atoms with van der Waals surface area (Å²) in [6, 6.07) is 6.77. The molecule has 0 fully saturated rings. The molecular formula is C29H35F4N3O3. The molecule has 0 aliphatic carbocycles. The van der Waals surface area contributed by atoms with Crippen molar-refractivity contribution in [2.75, 3.05) is 33.4 Å². The van der Waals surface area contributed by atoms with Crippen LogP contribution in [0.3, 0.4) is 0 Å². The molecule has 0 saturated carbocycles. The molecule has 3 aromatic rings. The van der Waals surface area contributed by atoms with Crippen LogP contribution in [0.15, 0.2) is 30.3 Å². The van der Waals surface area contributed by atoms with Gasteiger partial charge in [0.1, 0.15) is 24.0 Å². The normalized spacial score (nSPS) is 18.4. The minimum absolute atomic E-state index is 0.0979. The first-order valence-corrected chi connectivity index (χ1v) is 13.2. The van der Waals surface area contributed by atoms with E-state index >= 15 is 4.39 Å². The van der Waals surface area contributed by atoms with Gasteiger partial charge in [-0.25, -0.2) is 17.6 Å². The van der Waals surface area contributed by atoms with Crippen molar-refractivity contribution in [1.82, 2.24) is 15.2 Å². The van der Waals surface area contributed by atoms with Gasteiger partial charge in [-0.05, 0) is 61.7 Å². The van der Waals surface area contributed by atoms with Crippen LogP contribution < -0.4 is 10.1 Å². The number of esters is 1. The van der Waals surface area contributed by atoms with Crippen molar-refractivity contribution in [3.05, 3.63) is 64.4 Å². The maximum absolute atomic E-state index is 15.7. The van der Waals surface area contributed by atoms with Crippen LogP contribution >= 0.6 is 0 Å². The number of nitrogens with one attached hydrogen (secondary N) is 2. The number of fused-ring (bicyclic) bond motifs is 3. The summed E-state index contributed by atoms with van der Waals surface area (Å²) < 4.78 is 65.5. The number of hydrogen-bond donors (Lipinski definition) is 2. The van der Waals surface area contributed by atoms with Crippen molar-refractivity contribution >= 4 is 16.9 Å². The number of carbonyl (C=O) groups is 1. The average molecular weight is 550 g/mol. The van der Waals surface area contributed by atoms with Crippen molar-refractivity contribution < 1.29 is 31.8 Å². The number of methoxy groups -OCH3 is 1. The van der Waals surface area contributed by atoms with Gasteiger partial charge in [-0.15, -0.1) is 0 Å². The number of benzene rings is 2. The van der Waals surface area contributed by atoms with E-state index in [1.807, 2.05) is 6.92 Å². The zero-order chi connectivity index (χ0) is 28.3. The zero-order valence-electron chi connectivity index (χ0n) is 22.6. The first-order valence-electron chi connectivity index (χ1n) is 13.2. The number of aromatic nitrogens is 1. The van der Waals surface area contributed by atoms with Gasteiger partial charge >= 0.3 is 5.97 Å². The van der Waals surface area contributed by atoms with Gasteiger partial charge in [0.2, 0.25) is 6.43 Å². The van der Waals surface area contributed by atoms with Crippen molar-refractivity contribution in [2.45, 2.75) is 52.1 Å². The third-order valence-electron chi connectivity index (χ3n) is 7.42. The molecule has 1 aliphatic rings. The molecule has 212 valence electrons. The van der Waals surface area contributed by atoms with Gasteiger partial charge in [-0.2, -0.15) is 0 Å².